The van der Waals surface area contributed by atoms with Crippen LogP contribution in [0.25, 0.3) is 5.70 Å². The van der Waals surface area contributed by atoms with Gasteiger partial charge in [-0.3, -0.25) is 10.3 Å². The Balaban J connectivity index is 2.04. The van der Waals surface area contributed by atoms with E-state index in [1.165, 1.54) is 0 Å². The number of benzene rings is 2. The molecule has 0 saturated heterocycles. The predicted octanol–water partition coefficient (Wildman–Crippen LogP) is 4.12. The van der Waals surface area contributed by atoms with Gasteiger partial charge in [-0.1, -0.05) is 42.5 Å². The lowest BCUT2D eigenvalue weighted by Crippen LogP contribution is -2.28. The molecule has 0 spiro atoms. The molecule has 0 saturated carbocycles. The highest BCUT2D eigenvalue weighted by Gasteiger charge is 2.20. The normalized spacial score (nSPS) is 12.3. The molecule has 2 aromatic carbocycles. The Hall–Kier alpha value is -2.83. The van der Waals surface area contributed by atoms with Gasteiger partial charge in [0.2, 0.25) is 0 Å². The molecule has 0 bridgehead atoms. The molecule has 6 heteroatoms. The topological polar surface area (TPSA) is 66.0 Å². The lowest BCUT2D eigenvalue weighted by molar-refractivity contribution is -0.156. The maximum Gasteiger partial charge on any atom is 0.335 e. The molecule has 1 N–H and O–H groups in total. The number of hydroxylamine groups is 1. The summed E-state index contributed by atoms with van der Waals surface area (Å²) in [5.74, 6) is 0.330. The molecule has 2 rings (SSSR count). The minimum absolute atomic E-state index is 0.334. The summed E-state index contributed by atoms with van der Waals surface area (Å²) in [6.07, 6.45) is 1.46. The van der Waals surface area contributed by atoms with Gasteiger partial charge in [0.15, 0.2) is 6.10 Å². The number of esters is 1. The minimum Gasteiger partial charge on any atom is -0.464 e. The fourth-order valence-corrected chi connectivity index (χ4v) is 2.61. The minimum atomic E-state index is -0.605. The van der Waals surface area contributed by atoms with Gasteiger partial charge in [-0.05, 0) is 38.5 Å². The van der Waals surface area contributed by atoms with Gasteiger partial charge in [0.1, 0.15) is 17.7 Å². The van der Waals surface area contributed by atoms with E-state index in [1.807, 2.05) is 68.4 Å². The van der Waals surface area contributed by atoms with Crippen molar-refractivity contribution in [1.82, 2.24) is 5.48 Å². The van der Waals surface area contributed by atoms with E-state index in [4.69, 9.17) is 19.0 Å². The van der Waals surface area contributed by atoms with Crippen LogP contribution in [0.3, 0.4) is 0 Å². The summed E-state index contributed by atoms with van der Waals surface area (Å²) in [6.45, 7) is 6.85. The molecule has 0 radical (unpaired) electrons. The van der Waals surface area contributed by atoms with E-state index in [0.717, 1.165) is 16.8 Å². The zero-order valence-corrected chi connectivity index (χ0v) is 17.2. The lowest BCUT2D eigenvalue weighted by atomic mass is 10.1. The molecule has 6 nitrogen and oxygen atoms in total. The van der Waals surface area contributed by atoms with Crippen LogP contribution in [0.4, 0.5) is 0 Å². The molecule has 29 heavy (non-hydrogen) atoms. The lowest BCUT2D eigenvalue weighted by Gasteiger charge is -2.15. The van der Waals surface area contributed by atoms with Crippen molar-refractivity contribution in [3.05, 3.63) is 72.0 Å². The first-order valence-corrected chi connectivity index (χ1v) is 9.85. The number of ether oxygens (including phenoxy) is 3. The van der Waals surface area contributed by atoms with E-state index in [-0.39, 0.29) is 5.97 Å². The molecule has 0 fully saturated rings. The summed E-state index contributed by atoms with van der Waals surface area (Å²) in [4.78, 5) is 17.3. The van der Waals surface area contributed by atoms with Crippen LogP contribution in [0.5, 0.6) is 5.75 Å². The summed E-state index contributed by atoms with van der Waals surface area (Å²) in [7, 11) is 0. The third-order valence-corrected chi connectivity index (χ3v) is 3.99. The van der Waals surface area contributed by atoms with Crippen LogP contribution in [0.1, 0.15) is 31.9 Å². The highest BCUT2D eigenvalue weighted by Crippen LogP contribution is 2.17. The third-order valence-electron chi connectivity index (χ3n) is 3.99. The Morgan fingerprint density at radius 1 is 0.966 bits per heavy atom. The maximum atomic E-state index is 12.0. The molecule has 0 aliphatic rings. The highest BCUT2D eigenvalue weighted by molar-refractivity contribution is 5.75. The van der Waals surface area contributed by atoms with Gasteiger partial charge in [-0.2, -0.15) is 0 Å². The van der Waals surface area contributed by atoms with Gasteiger partial charge in [-0.25, -0.2) is 4.79 Å². The first-order valence-electron chi connectivity index (χ1n) is 9.85. The molecule has 1 unspecified atom stereocenters. The molecule has 0 aliphatic heterocycles. The maximum absolute atomic E-state index is 12.0. The molecule has 0 amide bonds. The van der Waals surface area contributed by atoms with Crippen LogP contribution < -0.4 is 10.2 Å². The Morgan fingerprint density at radius 3 is 2.31 bits per heavy atom. The molecular formula is C23H29NO5. The van der Waals surface area contributed by atoms with Crippen molar-refractivity contribution in [2.75, 3.05) is 19.8 Å². The molecule has 0 aliphatic carbocycles. The van der Waals surface area contributed by atoms with Gasteiger partial charge in [0.25, 0.3) is 0 Å². The zero-order chi connectivity index (χ0) is 20.9. The summed E-state index contributed by atoms with van der Waals surface area (Å²) in [5, 5.41) is 0. The average Bonchev–Trinajstić information content (AvgIpc) is 2.75. The fourth-order valence-electron chi connectivity index (χ4n) is 2.61. The molecule has 1 atom stereocenters. The Bertz CT molecular complexity index is 759. The van der Waals surface area contributed by atoms with Crippen molar-refractivity contribution in [1.29, 1.82) is 0 Å². The largest absolute Gasteiger partial charge is 0.464 e. The number of rotatable bonds is 12. The molecule has 0 aromatic heterocycles. The monoisotopic (exact) mass is 399 g/mol. The second kappa shape index (κ2) is 12.6. The average molecular weight is 399 g/mol. The van der Waals surface area contributed by atoms with Gasteiger partial charge in [0, 0.05) is 18.6 Å². The molecule has 156 valence electrons. The van der Waals surface area contributed by atoms with E-state index >= 15 is 0 Å². The van der Waals surface area contributed by atoms with Crippen molar-refractivity contribution in [2.24, 2.45) is 0 Å². The summed E-state index contributed by atoms with van der Waals surface area (Å²) in [6, 6.07) is 17.3. The standard InChI is InChI=1S/C23H29NO5/c1-4-26-22(23(25)27-5-2)16-18-12-14-20(15-13-18)28-17-21(24-29-6-3)19-10-8-7-9-11-19/h7-15,17,22,24H,4-6,16H2,1-3H3. The van der Waals surface area contributed by atoms with Gasteiger partial charge in [0.05, 0.1) is 13.2 Å². The Labute approximate surface area is 172 Å². The van der Waals surface area contributed by atoms with E-state index in [1.54, 1.807) is 13.2 Å². The van der Waals surface area contributed by atoms with Crippen LogP contribution >= 0.6 is 0 Å². The predicted molar refractivity (Wildman–Crippen MR) is 112 cm³/mol. The SMILES string of the molecule is CCONC(=COc1ccc(CC(OCC)C(=O)OCC)cc1)c1ccccc1. The number of carbonyl (C=O) groups is 1. The summed E-state index contributed by atoms with van der Waals surface area (Å²) in [5.41, 5.74) is 5.53. The van der Waals surface area contributed by atoms with Gasteiger partial charge in [-0.15, -0.1) is 0 Å². The third kappa shape index (κ3) is 7.60. The molecule has 0 heterocycles. The Kier molecular flexibility index (Phi) is 9.75. The van der Waals surface area contributed by atoms with Gasteiger partial charge < -0.3 is 14.2 Å². The van der Waals surface area contributed by atoms with E-state index in [9.17, 15) is 4.79 Å². The van der Waals surface area contributed by atoms with Crippen molar-refractivity contribution in [3.63, 3.8) is 0 Å². The number of hydrogen-bond donors (Lipinski definition) is 1. The second-order valence-electron chi connectivity index (χ2n) is 6.09. The number of carbonyl (C=O) groups excluding carboxylic acids is 1. The smallest absolute Gasteiger partial charge is 0.335 e. The molecular weight excluding hydrogens is 370 g/mol. The van der Waals surface area contributed by atoms with Crippen molar-refractivity contribution in [2.45, 2.75) is 33.3 Å². The molecule has 2 aromatic rings. The number of hydrogen-bond acceptors (Lipinski definition) is 6. The second-order valence-corrected chi connectivity index (χ2v) is 6.09. The van der Waals surface area contributed by atoms with Crippen LogP contribution in [-0.2, 0) is 25.5 Å². The van der Waals surface area contributed by atoms with Gasteiger partial charge >= 0.3 is 5.97 Å². The first kappa shape index (κ1) is 22.5. The van der Waals surface area contributed by atoms with Crippen molar-refractivity contribution < 1.29 is 23.8 Å². The van der Waals surface area contributed by atoms with Crippen LogP contribution in [0.2, 0.25) is 0 Å². The van der Waals surface area contributed by atoms with Crippen LogP contribution in [-0.4, -0.2) is 31.9 Å². The first-order chi connectivity index (χ1) is 14.2. The fraction of sp³-hybridized carbons (Fsp3) is 0.348. The van der Waals surface area contributed by atoms with E-state index in [0.29, 0.717) is 32.0 Å². The zero-order valence-electron chi connectivity index (χ0n) is 17.2. The van der Waals surface area contributed by atoms with E-state index < -0.39 is 6.10 Å². The van der Waals surface area contributed by atoms with E-state index in [2.05, 4.69) is 5.48 Å². The van der Waals surface area contributed by atoms with Crippen molar-refractivity contribution in [3.8, 4) is 5.75 Å². The summed E-state index contributed by atoms with van der Waals surface area (Å²) >= 11 is 0. The van der Waals surface area contributed by atoms with Crippen LogP contribution in [0, 0.1) is 0 Å². The van der Waals surface area contributed by atoms with Crippen molar-refractivity contribution >= 4 is 11.7 Å². The highest BCUT2D eigenvalue weighted by atomic mass is 16.6. The summed E-state index contributed by atoms with van der Waals surface area (Å²) < 4.78 is 16.4. The Morgan fingerprint density at radius 2 is 1.69 bits per heavy atom. The number of nitrogens with one attached hydrogen (secondary N) is 1. The van der Waals surface area contributed by atoms with Crippen LogP contribution in [0.15, 0.2) is 60.9 Å². The quantitative estimate of drug-likeness (QED) is 0.329.